The SMILES string of the molecule is CCOC(=O)c1cc(C)c2c(c1)Cc1cc(C(=O)OCC)cc(C)c1OB(C)O2. The van der Waals surface area contributed by atoms with E-state index in [2.05, 4.69) is 0 Å². The molecule has 1 heterocycles. The minimum absolute atomic E-state index is 0.307. The van der Waals surface area contributed by atoms with Crippen LogP contribution in [0.1, 0.15) is 56.8 Å². The van der Waals surface area contributed by atoms with Crippen molar-refractivity contribution >= 4 is 19.1 Å². The normalized spacial score (nSPS) is 12.5. The lowest BCUT2D eigenvalue weighted by atomic mass is 9.88. The van der Waals surface area contributed by atoms with E-state index in [1.165, 1.54) is 0 Å². The van der Waals surface area contributed by atoms with Crippen LogP contribution in [-0.4, -0.2) is 32.3 Å². The third kappa shape index (κ3) is 4.39. The fraction of sp³-hybridized carbons (Fsp3) is 0.364. The van der Waals surface area contributed by atoms with Gasteiger partial charge in [0.2, 0.25) is 0 Å². The van der Waals surface area contributed by atoms with Crippen LogP contribution in [0.3, 0.4) is 0 Å². The minimum atomic E-state index is -0.535. The van der Waals surface area contributed by atoms with Gasteiger partial charge in [-0.05, 0) is 81.0 Å². The Kier molecular flexibility index (Phi) is 6.16. The van der Waals surface area contributed by atoms with Gasteiger partial charge in [-0.3, -0.25) is 0 Å². The molecule has 0 N–H and O–H groups in total. The zero-order chi connectivity index (χ0) is 21.1. The van der Waals surface area contributed by atoms with Crippen molar-refractivity contribution in [1.29, 1.82) is 0 Å². The van der Waals surface area contributed by atoms with Crippen LogP contribution in [0.2, 0.25) is 6.82 Å². The van der Waals surface area contributed by atoms with Crippen LogP contribution in [0.15, 0.2) is 24.3 Å². The molecule has 0 radical (unpaired) electrons. The van der Waals surface area contributed by atoms with E-state index in [1.54, 1.807) is 38.1 Å². The lowest BCUT2D eigenvalue weighted by molar-refractivity contribution is 0.0516. The van der Waals surface area contributed by atoms with Crippen molar-refractivity contribution < 1.29 is 28.4 Å². The summed E-state index contributed by atoms with van der Waals surface area (Å²) in [4.78, 5) is 24.5. The standard InChI is InChI=1S/C22H25BO6/c1-6-26-21(24)17-8-13(3)19-15(11-17)10-16-12-18(22(25)27-7-2)9-14(4)20(16)29-23(5)28-19/h8-9,11-12H,6-7,10H2,1-5H3. The first kappa shape index (κ1) is 20.8. The van der Waals surface area contributed by atoms with Gasteiger partial charge in [0.1, 0.15) is 11.5 Å². The second-order valence-electron chi connectivity index (χ2n) is 6.98. The number of esters is 2. The van der Waals surface area contributed by atoms with Gasteiger partial charge < -0.3 is 18.8 Å². The van der Waals surface area contributed by atoms with Crippen molar-refractivity contribution in [1.82, 2.24) is 0 Å². The quantitative estimate of drug-likeness (QED) is 0.572. The molecule has 1 aliphatic heterocycles. The number of ether oxygens (including phenoxy) is 2. The van der Waals surface area contributed by atoms with E-state index in [9.17, 15) is 9.59 Å². The molecule has 1 aliphatic rings. The smallest absolute Gasteiger partial charge is 0.526 e. The minimum Gasteiger partial charge on any atom is -0.526 e. The van der Waals surface area contributed by atoms with E-state index in [-0.39, 0.29) is 11.9 Å². The third-order valence-electron chi connectivity index (χ3n) is 4.67. The highest BCUT2D eigenvalue weighted by Gasteiger charge is 2.27. The van der Waals surface area contributed by atoms with E-state index >= 15 is 0 Å². The molecule has 0 saturated heterocycles. The maximum absolute atomic E-state index is 12.3. The topological polar surface area (TPSA) is 71.1 Å². The van der Waals surface area contributed by atoms with Gasteiger partial charge in [-0.25, -0.2) is 9.59 Å². The summed E-state index contributed by atoms with van der Waals surface area (Å²) in [7, 11) is -0.535. The Bertz CT molecular complexity index is 877. The maximum Gasteiger partial charge on any atom is 0.591 e. The van der Waals surface area contributed by atoms with Gasteiger partial charge in [0, 0.05) is 6.42 Å². The molecule has 0 saturated carbocycles. The van der Waals surface area contributed by atoms with E-state index in [1.807, 2.05) is 20.7 Å². The first-order valence-electron chi connectivity index (χ1n) is 9.78. The maximum atomic E-state index is 12.3. The first-order valence-corrected chi connectivity index (χ1v) is 9.78. The number of fused-ring (bicyclic) bond motifs is 2. The Labute approximate surface area is 171 Å². The van der Waals surface area contributed by atoms with Crippen LogP contribution in [0.4, 0.5) is 0 Å². The third-order valence-corrected chi connectivity index (χ3v) is 4.67. The predicted octanol–water partition coefficient (Wildman–Crippen LogP) is 4.14. The summed E-state index contributed by atoms with van der Waals surface area (Å²) in [6, 6.07) is 7.09. The first-order chi connectivity index (χ1) is 13.8. The molecule has 7 heteroatoms. The van der Waals surface area contributed by atoms with Crippen LogP contribution in [0, 0.1) is 13.8 Å². The molecule has 152 valence electrons. The monoisotopic (exact) mass is 396 g/mol. The lowest BCUT2D eigenvalue weighted by Gasteiger charge is -2.25. The van der Waals surface area contributed by atoms with E-state index < -0.39 is 7.12 Å². The zero-order valence-electron chi connectivity index (χ0n) is 17.5. The molecule has 3 rings (SSSR count). The van der Waals surface area contributed by atoms with Crippen LogP contribution in [0.5, 0.6) is 11.5 Å². The van der Waals surface area contributed by atoms with E-state index in [0.29, 0.717) is 42.3 Å². The molecule has 2 aromatic carbocycles. The number of aryl methyl sites for hydroxylation is 2. The summed E-state index contributed by atoms with van der Waals surface area (Å²) in [5.41, 5.74) is 4.27. The molecule has 2 aromatic rings. The van der Waals surface area contributed by atoms with Crippen molar-refractivity contribution in [2.24, 2.45) is 0 Å². The van der Waals surface area contributed by atoms with Crippen molar-refractivity contribution in [2.45, 2.75) is 40.9 Å². The molecular formula is C22H25BO6. The lowest BCUT2D eigenvalue weighted by Crippen LogP contribution is -2.29. The molecule has 0 spiro atoms. The van der Waals surface area contributed by atoms with Gasteiger partial charge >= 0.3 is 19.1 Å². The van der Waals surface area contributed by atoms with Crippen LogP contribution in [0.25, 0.3) is 0 Å². The van der Waals surface area contributed by atoms with E-state index in [4.69, 9.17) is 18.8 Å². The van der Waals surface area contributed by atoms with Gasteiger partial charge in [-0.1, -0.05) is 0 Å². The zero-order valence-corrected chi connectivity index (χ0v) is 17.5. The molecule has 0 aromatic heterocycles. The van der Waals surface area contributed by atoms with Gasteiger partial charge in [-0.2, -0.15) is 0 Å². The predicted molar refractivity (Wildman–Crippen MR) is 110 cm³/mol. The molecule has 0 fully saturated rings. The van der Waals surface area contributed by atoms with Gasteiger partial charge in [0.25, 0.3) is 0 Å². The Hall–Kier alpha value is -2.96. The van der Waals surface area contributed by atoms with Crippen molar-refractivity contribution in [2.75, 3.05) is 13.2 Å². The highest BCUT2D eigenvalue weighted by Crippen LogP contribution is 2.36. The van der Waals surface area contributed by atoms with Crippen molar-refractivity contribution in [3.05, 3.63) is 57.6 Å². The molecule has 29 heavy (non-hydrogen) atoms. The largest absolute Gasteiger partial charge is 0.591 e. The average Bonchev–Trinajstić information content (AvgIpc) is 2.65. The van der Waals surface area contributed by atoms with E-state index in [0.717, 1.165) is 22.3 Å². The number of hydrogen-bond donors (Lipinski definition) is 0. The molecular weight excluding hydrogens is 371 g/mol. The Balaban J connectivity index is 2.11. The number of carbonyl (C=O) groups is 2. The number of carbonyl (C=O) groups excluding carboxylic acids is 2. The fourth-order valence-corrected chi connectivity index (χ4v) is 3.52. The molecule has 0 unspecified atom stereocenters. The highest BCUT2D eigenvalue weighted by atomic mass is 16.6. The molecule has 0 amide bonds. The molecule has 0 atom stereocenters. The summed E-state index contributed by atoms with van der Waals surface area (Å²) in [6.07, 6.45) is 0.444. The van der Waals surface area contributed by atoms with Crippen molar-refractivity contribution in [3.8, 4) is 11.5 Å². The summed E-state index contributed by atoms with van der Waals surface area (Å²) in [5.74, 6) is 0.605. The van der Waals surface area contributed by atoms with Crippen LogP contribution >= 0.6 is 0 Å². The summed E-state index contributed by atoms with van der Waals surface area (Å²) >= 11 is 0. The van der Waals surface area contributed by atoms with Gasteiger partial charge in [0.15, 0.2) is 0 Å². The number of rotatable bonds is 4. The van der Waals surface area contributed by atoms with Crippen molar-refractivity contribution in [3.63, 3.8) is 0 Å². The summed E-state index contributed by atoms with van der Waals surface area (Å²) in [6.45, 7) is 9.75. The Morgan fingerprint density at radius 1 is 0.862 bits per heavy atom. The number of benzene rings is 2. The summed E-state index contributed by atoms with van der Waals surface area (Å²) in [5, 5.41) is 0. The summed E-state index contributed by atoms with van der Waals surface area (Å²) < 4.78 is 22.4. The van der Waals surface area contributed by atoms with Gasteiger partial charge in [-0.15, -0.1) is 0 Å². The van der Waals surface area contributed by atoms with Crippen LogP contribution in [-0.2, 0) is 15.9 Å². The second-order valence-corrected chi connectivity index (χ2v) is 6.98. The Morgan fingerprint density at radius 3 is 1.66 bits per heavy atom. The van der Waals surface area contributed by atoms with Crippen LogP contribution < -0.4 is 9.31 Å². The fourth-order valence-electron chi connectivity index (χ4n) is 3.52. The van der Waals surface area contributed by atoms with Gasteiger partial charge in [0.05, 0.1) is 24.3 Å². The molecule has 0 bridgehead atoms. The average molecular weight is 396 g/mol. The number of hydrogen-bond acceptors (Lipinski definition) is 6. The second kappa shape index (κ2) is 8.60. The highest BCUT2D eigenvalue weighted by molar-refractivity contribution is 6.44. The molecule has 0 aliphatic carbocycles. The Morgan fingerprint density at radius 2 is 1.28 bits per heavy atom. The molecule has 6 nitrogen and oxygen atoms in total.